The minimum absolute atomic E-state index is 0.168. The van der Waals surface area contributed by atoms with E-state index in [2.05, 4.69) is 30.5 Å². The number of hydrogen-bond donors (Lipinski definition) is 2. The Bertz CT molecular complexity index is 1170. The summed E-state index contributed by atoms with van der Waals surface area (Å²) in [5.41, 5.74) is 0.685. The second-order valence-corrected chi connectivity index (χ2v) is 9.97. The van der Waals surface area contributed by atoms with Crippen molar-refractivity contribution in [3.05, 3.63) is 41.2 Å². The van der Waals surface area contributed by atoms with Gasteiger partial charge in [0.1, 0.15) is 22.8 Å². The Morgan fingerprint density at radius 3 is 2.79 bits per heavy atom. The highest BCUT2D eigenvalue weighted by atomic mass is 32.1. The number of amides is 1. The van der Waals surface area contributed by atoms with Crippen LogP contribution in [-0.2, 0) is 6.42 Å². The van der Waals surface area contributed by atoms with Crippen molar-refractivity contribution in [3.8, 4) is 0 Å². The minimum atomic E-state index is -4.24. The summed E-state index contributed by atoms with van der Waals surface area (Å²) in [4.78, 5) is 27.6. The van der Waals surface area contributed by atoms with Crippen molar-refractivity contribution in [2.75, 3.05) is 30.4 Å². The highest BCUT2D eigenvalue weighted by Gasteiger charge is 2.49. The van der Waals surface area contributed by atoms with Gasteiger partial charge in [0.15, 0.2) is 0 Å². The molecular formula is C22H23F3N6OS. The van der Waals surface area contributed by atoms with Crippen LogP contribution in [0.4, 0.5) is 24.8 Å². The van der Waals surface area contributed by atoms with E-state index in [1.54, 1.807) is 25.4 Å². The van der Waals surface area contributed by atoms with E-state index in [1.807, 2.05) is 6.07 Å². The zero-order valence-corrected chi connectivity index (χ0v) is 18.8. The fourth-order valence-corrected chi connectivity index (χ4v) is 5.95. The summed E-state index contributed by atoms with van der Waals surface area (Å²) in [6.07, 6.45) is 0.802. The van der Waals surface area contributed by atoms with Crippen LogP contribution >= 0.6 is 11.3 Å². The van der Waals surface area contributed by atoms with Gasteiger partial charge in [-0.15, -0.1) is 11.3 Å². The first-order chi connectivity index (χ1) is 15.7. The van der Waals surface area contributed by atoms with Crippen LogP contribution in [0.1, 0.15) is 34.5 Å². The van der Waals surface area contributed by atoms with Gasteiger partial charge in [0.2, 0.25) is 0 Å². The molecule has 2 N–H and O–H groups in total. The molecule has 1 aliphatic heterocycles. The van der Waals surface area contributed by atoms with Crippen LogP contribution in [0.5, 0.6) is 0 Å². The summed E-state index contributed by atoms with van der Waals surface area (Å²) in [5.74, 6) is 1.30. The number of anilines is 2. The summed E-state index contributed by atoms with van der Waals surface area (Å²) >= 11 is 1.08. The number of halogens is 3. The van der Waals surface area contributed by atoms with E-state index in [1.165, 1.54) is 6.33 Å². The molecule has 2 fully saturated rings. The molecule has 1 aliphatic carbocycles. The molecule has 3 aromatic heterocycles. The van der Waals surface area contributed by atoms with Crippen molar-refractivity contribution in [2.24, 2.45) is 5.41 Å². The SMILES string of the molecule is CNC(=O)c1ccc(NC2CC3(CCN(c4ncnc5sc(CC(F)(F)F)cc45)C3)C2)nc1. The van der Waals surface area contributed by atoms with Gasteiger partial charge >= 0.3 is 6.18 Å². The minimum Gasteiger partial charge on any atom is -0.367 e. The average molecular weight is 477 g/mol. The molecule has 0 aromatic carbocycles. The summed E-state index contributed by atoms with van der Waals surface area (Å²) in [6, 6.07) is 5.44. The fraction of sp³-hybridized carbons (Fsp3) is 0.455. The molecule has 2 aliphatic rings. The van der Waals surface area contributed by atoms with Gasteiger partial charge in [0.05, 0.1) is 17.4 Å². The Morgan fingerprint density at radius 2 is 2.09 bits per heavy atom. The Labute approximate surface area is 192 Å². The van der Waals surface area contributed by atoms with Crippen LogP contribution in [-0.4, -0.2) is 53.2 Å². The molecule has 0 radical (unpaired) electrons. The number of thiophene rings is 1. The normalized spacial score (nSPS) is 22.5. The number of nitrogens with zero attached hydrogens (tertiary/aromatic N) is 4. The molecule has 0 bridgehead atoms. The predicted octanol–water partition coefficient (Wildman–Crippen LogP) is 4.02. The molecule has 3 aromatic rings. The highest BCUT2D eigenvalue weighted by molar-refractivity contribution is 7.18. The molecule has 4 heterocycles. The first-order valence-electron chi connectivity index (χ1n) is 10.7. The van der Waals surface area contributed by atoms with Crippen molar-refractivity contribution >= 4 is 39.1 Å². The zero-order valence-electron chi connectivity index (χ0n) is 17.9. The third-order valence-electron chi connectivity index (χ3n) is 6.44. The van der Waals surface area contributed by atoms with Crippen molar-refractivity contribution in [1.82, 2.24) is 20.3 Å². The standard InChI is InChI=1S/C22H23F3N6OS/c1-26-19(32)13-2-3-17(27-10-13)30-14-7-21(8-14)4-5-31(11-21)18-16-6-15(9-22(23,24)25)33-20(16)29-12-28-18/h2-3,6,10,12,14H,4-5,7-9,11H2,1H3,(H,26,32)(H,27,30). The molecule has 1 saturated heterocycles. The highest BCUT2D eigenvalue weighted by Crippen LogP contribution is 2.50. The molecule has 1 spiro atoms. The van der Waals surface area contributed by atoms with E-state index in [-0.39, 0.29) is 16.2 Å². The van der Waals surface area contributed by atoms with Crippen LogP contribution in [0.3, 0.4) is 0 Å². The van der Waals surface area contributed by atoms with Gasteiger partial charge in [-0.05, 0) is 42.9 Å². The van der Waals surface area contributed by atoms with Crippen LogP contribution in [0.25, 0.3) is 10.2 Å². The number of hydrogen-bond acceptors (Lipinski definition) is 7. The number of carbonyl (C=O) groups excluding carboxylic acids is 1. The van der Waals surface area contributed by atoms with Crippen LogP contribution < -0.4 is 15.5 Å². The molecule has 1 amide bonds. The smallest absolute Gasteiger partial charge is 0.367 e. The second-order valence-electron chi connectivity index (χ2n) is 8.85. The van der Waals surface area contributed by atoms with E-state index in [0.717, 1.165) is 55.3 Å². The number of rotatable bonds is 5. The maximum absolute atomic E-state index is 12.8. The number of fused-ring (bicyclic) bond motifs is 1. The third-order valence-corrected chi connectivity index (χ3v) is 7.48. The summed E-state index contributed by atoms with van der Waals surface area (Å²) < 4.78 is 38.5. The Morgan fingerprint density at radius 1 is 1.27 bits per heavy atom. The Hall–Kier alpha value is -2.95. The van der Waals surface area contributed by atoms with Gasteiger partial charge in [-0.2, -0.15) is 13.2 Å². The zero-order chi connectivity index (χ0) is 23.2. The second kappa shape index (κ2) is 8.12. The first-order valence-corrected chi connectivity index (χ1v) is 11.6. The third kappa shape index (κ3) is 4.46. The maximum atomic E-state index is 12.8. The molecule has 5 rings (SSSR count). The molecule has 174 valence electrons. The Balaban J connectivity index is 1.23. The molecule has 33 heavy (non-hydrogen) atoms. The lowest BCUT2D eigenvalue weighted by Gasteiger charge is -2.45. The average Bonchev–Trinajstić information content (AvgIpc) is 3.36. The lowest BCUT2D eigenvalue weighted by molar-refractivity contribution is -0.126. The van der Waals surface area contributed by atoms with Gasteiger partial charge in [-0.1, -0.05) is 0 Å². The van der Waals surface area contributed by atoms with Gasteiger partial charge in [0.25, 0.3) is 5.91 Å². The summed E-state index contributed by atoms with van der Waals surface area (Å²) in [5, 5.41) is 6.71. The number of aromatic nitrogens is 3. The lowest BCUT2D eigenvalue weighted by Crippen LogP contribution is -2.47. The van der Waals surface area contributed by atoms with Crippen molar-refractivity contribution in [3.63, 3.8) is 0 Å². The molecule has 0 unspecified atom stereocenters. The Kier molecular flexibility index (Phi) is 5.38. The topological polar surface area (TPSA) is 83.0 Å². The van der Waals surface area contributed by atoms with Crippen molar-refractivity contribution in [1.29, 1.82) is 0 Å². The molecular weight excluding hydrogens is 453 g/mol. The fourth-order valence-electron chi connectivity index (χ4n) is 4.93. The first kappa shape index (κ1) is 21.9. The number of carbonyl (C=O) groups is 1. The predicted molar refractivity (Wildman–Crippen MR) is 121 cm³/mol. The van der Waals surface area contributed by atoms with Crippen LogP contribution in [0, 0.1) is 5.41 Å². The van der Waals surface area contributed by atoms with Gasteiger partial charge in [0, 0.05) is 37.3 Å². The van der Waals surface area contributed by atoms with E-state index < -0.39 is 12.6 Å². The largest absolute Gasteiger partial charge is 0.393 e. The van der Waals surface area contributed by atoms with Crippen molar-refractivity contribution in [2.45, 2.75) is 37.9 Å². The number of alkyl halides is 3. The van der Waals surface area contributed by atoms with Gasteiger partial charge in [-0.25, -0.2) is 15.0 Å². The summed E-state index contributed by atoms with van der Waals surface area (Å²) in [7, 11) is 1.58. The van der Waals surface area contributed by atoms with Gasteiger partial charge in [-0.3, -0.25) is 4.79 Å². The van der Waals surface area contributed by atoms with Crippen LogP contribution in [0.15, 0.2) is 30.7 Å². The van der Waals surface area contributed by atoms with Gasteiger partial charge < -0.3 is 15.5 Å². The number of pyridine rings is 1. The summed E-state index contributed by atoms with van der Waals surface area (Å²) in [6.45, 7) is 1.65. The monoisotopic (exact) mass is 476 g/mol. The van der Waals surface area contributed by atoms with E-state index >= 15 is 0 Å². The van der Waals surface area contributed by atoms with E-state index in [0.29, 0.717) is 21.8 Å². The maximum Gasteiger partial charge on any atom is 0.393 e. The van der Waals surface area contributed by atoms with Crippen molar-refractivity contribution < 1.29 is 18.0 Å². The number of nitrogens with one attached hydrogen (secondary N) is 2. The molecule has 0 atom stereocenters. The quantitative estimate of drug-likeness (QED) is 0.579. The molecule has 7 nitrogen and oxygen atoms in total. The van der Waals surface area contributed by atoms with Crippen LogP contribution in [0.2, 0.25) is 0 Å². The molecule has 11 heteroatoms. The van der Waals surface area contributed by atoms with E-state index in [4.69, 9.17) is 0 Å². The van der Waals surface area contributed by atoms with E-state index in [9.17, 15) is 18.0 Å². The lowest BCUT2D eigenvalue weighted by atomic mass is 9.65. The molecule has 1 saturated carbocycles.